The van der Waals surface area contributed by atoms with Crippen LogP contribution in [0.1, 0.15) is 19.8 Å². The first-order valence-electron chi connectivity index (χ1n) is 5.06. The summed E-state index contributed by atoms with van der Waals surface area (Å²) >= 11 is 5.52. The molecule has 0 aliphatic heterocycles. The Kier molecular flexibility index (Phi) is 4.71. The third kappa shape index (κ3) is 3.47. The van der Waals surface area contributed by atoms with E-state index in [1.807, 2.05) is 6.92 Å². The molecule has 1 aromatic carbocycles. The second-order valence-corrected chi connectivity index (χ2v) is 3.92. The average molecular weight is 245 g/mol. The number of amides is 1. The van der Waals surface area contributed by atoms with Gasteiger partial charge in [-0.1, -0.05) is 24.9 Å². The quantitative estimate of drug-likeness (QED) is 0.855. The van der Waals surface area contributed by atoms with Crippen LogP contribution in [0.5, 0.6) is 0 Å². The van der Waals surface area contributed by atoms with E-state index in [2.05, 4.69) is 5.32 Å². The number of anilines is 1. The molecule has 0 heterocycles. The first kappa shape index (κ1) is 12.9. The maximum Gasteiger partial charge on any atom is 0.241 e. The van der Waals surface area contributed by atoms with Gasteiger partial charge in [0.1, 0.15) is 5.82 Å². The number of benzene rings is 1. The molecule has 0 bridgehead atoms. The van der Waals surface area contributed by atoms with Crippen molar-refractivity contribution in [2.24, 2.45) is 5.73 Å². The highest BCUT2D eigenvalue weighted by molar-refractivity contribution is 6.30. The molecule has 0 spiro atoms. The Labute approximate surface area is 98.8 Å². The molecule has 0 radical (unpaired) electrons. The summed E-state index contributed by atoms with van der Waals surface area (Å²) in [7, 11) is 0. The molecule has 16 heavy (non-hydrogen) atoms. The molecule has 1 aromatic rings. The molecule has 1 atom stereocenters. The van der Waals surface area contributed by atoms with Gasteiger partial charge in [0.15, 0.2) is 0 Å². The summed E-state index contributed by atoms with van der Waals surface area (Å²) in [5.74, 6) is -0.882. The van der Waals surface area contributed by atoms with E-state index in [0.717, 1.165) is 6.42 Å². The molecule has 0 saturated carbocycles. The fourth-order valence-electron chi connectivity index (χ4n) is 1.25. The van der Waals surface area contributed by atoms with Crippen LogP contribution in [0.2, 0.25) is 5.02 Å². The van der Waals surface area contributed by atoms with Gasteiger partial charge in [0, 0.05) is 5.69 Å². The summed E-state index contributed by atoms with van der Waals surface area (Å²) in [6.45, 7) is 1.94. The van der Waals surface area contributed by atoms with Crippen molar-refractivity contribution in [2.45, 2.75) is 25.8 Å². The SMILES string of the molecule is CCC[C@@H](N)C(=O)Nc1ccc(Cl)c(F)c1. The van der Waals surface area contributed by atoms with Crippen LogP contribution in [0.3, 0.4) is 0 Å². The van der Waals surface area contributed by atoms with Crippen molar-refractivity contribution in [3.05, 3.63) is 29.0 Å². The zero-order chi connectivity index (χ0) is 12.1. The second-order valence-electron chi connectivity index (χ2n) is 3.51. The molecule has 0 aliphatic rings. The number of hydrogen-bond donors (Lipinski definition) is 2. The lowest BCUT2D eigenvalue weighted by molar-refractivity contribution is -0.117. The Bertz CT molecular complexity index is 384. The van der Waals surface area contributed by atoms with Gasteiger partial charge < -0.3 is 11.1 Å². The molecule has 1 rings (SSSR count). The van der Waals surface area contributed by atoms with E-state index < -0.39 is 11.9 Å². The summed E-state index contributed by atoms with van der Waals surface area (Å²) in [4.78, 5) is 11.5. The Morgan fingerprint density at radius 2 is 2.31 bits per heavy atom. The van der Waals surface area contributed by atoms with Gasteiger partial charge in [-0.15, -0.1) is 0 Å². The van der Waals surface area contributed by atoms with Crippen molar-refractivity contribution in [2.75, 3.05) is 5.32 Å². The number of nitrogens with one attached hydrogen (secondary N) is 1. The lowest BCUT2D eigenvalue weighted by Gasteiger charge is -2.11. The fraction of sp³-hybridized carbons (Fsp3) is 0.364. The lowest BCUT2D eigenvalue weighted by Crippen LogP contribution is -2.35. The minimum Gasteiger partial charge on any atom is -0.325 e. The van der Waals surface area contributed by atoms with E-state index in [4.69, 9.17) is 17.3 Å². The molecule has 3 nitrogen and oxygen atoms in total. The monoisotopic (exact) mass is 244 g/mol. The number of rotatable bonds is 4. The molecule has 0 fully saturated rings. The average Bonchev–Trinajstić information content (AvgIpc) is 2.24. The molecule has 1 amide bonds. The summed E-state index contributed by atoms with van der Waals surface area (Å²) in [6.07, 6.45) is 1.42. The zero-order valence-electron chi connectivity index (χ0n) is 8.97. The molecular formula is C11H14ClFN2O. The first-order valence-corrected chi connectivity index (χ1v) is 5.44. The Morgan fingerprint density at radius 1 is 1.62 bits per heavy atom. The van der Waals surface area contributed by atoms with Crippen molar-refractivity contribution >= 4 is 23.2 Å². The number of carbonyl (C=O) groups excluding carboxylic acids is 1. The third-order valence-electron chi connectivity index (χ3n) is 2.12. The van der Waals surface area contributed by atoms with Crippen molar-refractivity contribution in [1.82, 2.24) is 0 Å². The summed E-state index contributed by atoms with van der Waals surface area (Å²) in [6, 6.07) is 3.52. The van der Waals surface area contributed by atoms with Crippen LogP contribution in [-0.2, 0) is 4.79 Å². The van der Waals surface area contributed by atoms with Crippen LogP contribution in [0.15, 0.2) is 18.2 Å². The molecule has 3 N–H and O–H groups in total. The van der Waals surface area contributed by atoms with Gasteiger partial charge in [0.05, 0.1) is 11.1 Å². The molecule has 0 saturated heterocycles. The van der Waals surface area contributed by atoms with E-state index in [0.29, 0.717) is 12.1 Å². The minimum atomic E-state index is -0.566. The van der Waals surface area contributed by atoms with Crippen LogP contribution in [0, 0.1) is 5.82 Å². The highest BCUT2D eigenvalue weighted by Crippen LogP contribution is 2.18. The molecule has 88 valence electrons. The maximum absolute atomic E-state index is 13.1. The smallest absolute Gasteiger partial charge is 0.241 e. The summed E-state index contributed by atoms with van der Waals surface area (Å²) < 4.78 is 13.1. The summed E-state index contributed by atoms with van der Waals surface area (Å²) in [5.41, 5.74) is 5.97. The van der Waals surface area contributed by atoms with Crippen molar-refractivity contribution in [1.29, 1.82) is 0 Å². The highest BCUT2D eigenvalue weighted by atomic mass is 35.5. The van der Waals surface area contributed by atoms with Crippen LogP contribution in [0.25, 0.3) is 0 Å². The number of nitrogens with two attached hydrogens (primary N) is 1. The minimum absolute atomic E-state index is 0.0239. The highest BCUT2D eigenvalue weighted by Gasteiger charge is 2.12. The van der Waals surface area contributed by atoms with Gasteiger partial charge in [0.2, 0.25) is 5.91 Å². The van der Waals surface area contributed by atoms with Crippen LogP contribution < -0.4 is 11.1 Å². The maximum atomic E-state index is 13.1. The van der Waals surface area contributed by atoms with Crippen molar-refractivity contribution < 1.29 is 9.18 Å². The van der Waals surface area contributed by atoms with Crippen LogP contribution in [-0.4, -0.2) is 11.9 Å². The Hall–Kier alpha value is -1.13. The zero-order valence-corrected chi connectivity index (χ0v) is 9.72. The normalized spacial score (nSPS) is 12.2. The van der Waals surface area contributed by atoms with E-state index in [1.54, 1.807) is 0 Å². The fourth-order valence-corrected chi connectivity index (χ4v) is 1.37. The van der Waals surface area contributed by atoms with Gasteiger partial charge in [-0.3, -0.25) is 4.79 Å². The van der Waals surface area contributed by atoms with E-state index in [1.165, 1.54) is 18.2 Å². The standard InChI is InChI=1S/C11H14ClFN2O/c1-2-3-10(14)11(16)15-7-4-5-8(12)9(13)6-7/h4-6,10H,2-3,14H2,1H3,(H,15,16)/t10-/m1/s1. The van der Waals surface area contributed by atoms with Crippen molar-refractivity contribution in [3.8, 4) is 0 Å². The van der Waals surface area contributed by atoms with E-state index >= 15 is 0 Å². The predicted octanol–water partition coefficient (Wildman–Crippen LogP) is 2.55. The topological polar surface area (TPSA) is 55.1 Å². The summed E-state index contributed by atoms with van der Waals surface area (Å²) in [5, 5.41) is 2.56. The Morgan fingerprint density at radius 3 is 2.88 bits per heavy atom. The van der Waals surface area contributed by atoms with Gasteiger partial charge in [-0.2, -0.15) is 0 Å². The molecule has 0 aromatic heterocycles. The van der Waals surface area contributed by atoms with Crippen LogP contribution >= 0.6 is 11.6 Å². The number of carbonyl (C=O) groups is 1. The number of halogens is 2. The molecular weight excluding hydrogens is 231 g/mol. The largest absolute Gasteiger partial charge is 0.325 e. The predicted molar refractivity (Wildman–Crippen MR) is 62.9 cm³/mol. The number of hydrogen-bond acceptors (Lipinski definition) is 2. The molecule has 5 heteroatoms. The van der Waals surface area contributed by atoms with Gasteiger partial charge in [0.25, 0.3) is 0 Å². The van der Waals surface area contributed by atoms with Gasteiger partial charge >= 0.3 is 0 Å². The third-order valence-corrected chi connectivity index (χ3v) is 2.43. The van der Waals surface area contributed by atoms with E-state index in [-0.39, 0.29) is 10.9 Å². The molecule has 0 aliphatic carbocycles. The molecule has 0 unspecified atom stereocenters. The van der Waals surface area contributed by atoms with Crippen LogP contribution in [0.4, 0.5) is 10.1 Å². The lowest BCUT2D eigenvalue weighted by atomic mass is 10.1. The van der Waals surface area contributed by atoms with Gasteiger partial charge in [-0.25, -0.2) is 4.39 Å². The van der Waals surface area contributed by atoms with Crippen molar-refractivity contribution in [3.63, 3.8) is 0 Å². The first-order chi connectivity index (χ1) is 7.54. The second kappa shape index (κ2) is 5.82. The Balaban J connectivity index is 2.66. The van der Waals surface area contributed by atoms with E-state index in [9.17, 15) is 9.18 Å². The van der Waals surface area contributed by atoms with Gasteiger partial charge in [-0.05, 0) is 24.6 Å².